The summed E-state index contributed by atoms with van der Waals surface area (Å²) in [5.74, 6) is 0.207. The first kappa shape index (κ1) is 14.6. The van der Waals surface area contributed by atoms with Gasteiger partial charge in [0.2, 0.25) is 5.88 Å². The Balaban J connectivity index is 2.58. The van der Waals surface area contributed by atoms with Crippen LogP contribution in [0.25, 0.3) is 0 Å². The third-order valence-corrected chi connectivity index (χ3v) is 3.12. The molecular formula is C15H15N3O3. The second-order valence-electron chi connectivity index (χ2n) is 4.45. The predicted octanol–water partition coefficient (Wildman–Crippen LogP) is 0.866. The highest BCUT2D eigenvalue weighted by atomic mass is 16.5. The molecule has 0 spiro atoms. The van der Waals surface area contributed by atoms with Crippen LogP contribution in [0.1, 0.15) is 18.1 Å². The summed E-state index contributed by atoms with van der Waals surface area (Å²) in [5, 5.41) is 9.11. The number of aromatic nitrogens is 2. The molecule has 0 aliphatic carbocycles. The minimum absolute atomic E-state index is 0.173. The van der Waals surface area contributed by atoms with Crippen LogP contribution < -0.4 is 16.0 Å². The van der Waals surface area contributed by atoms with E-state index in [1.807, 2.05) is 0 Å². The van der Waals surface area contributed by atoms with Crippen LogP contribution in [0.4, 0.5) is 0 Å². The van der Waals surface area contributed by atoms with Crippen LogP contribution in [0.3, 0.4) is 0 Å². The number of rotatable bonds is 4. The van der Waals surface area contributed by atoms with Crippen molar-refractivity contribution < 1.29 is 4.74 Å². The summed E-state index contributed by atoms with van der Waals surface area (Å²) in [6.45, 7) is 2.29. The zero-order valence-electron chi connectivity index (χ0n) is 11.9. The van der Waals surface area contributed by atoms with Gasteiger partial charge < -0.3 is 4.74 Å². The maximum Gasteiger partial charge on any atom is 0.333 e. The van der Waals surface area contributed by atoms with Crippen molar-refractivity contribution in [3.8, 4) is 11.9 Å². The molecule has 6 heteroatoms. The van der Waals surface area contributed by atoms with Gasteiger partial charge in [0.15, 0.2) is 0 Å². The topological polar surface area (TPSA) is 77.0 Å². The molecule has 1 aromatic carbocycles. The number of nitrogens with zero attached hydrogens (tertiary/aromatic N) is 3. The second-order valence-corrected chi connectivity index (χ2v) is 4.45. The molecule has 1 aromatic heterocycles. The normalized spacial score (nSPS) is 10.1. The first-order chi connectivity index (χ1) is 10.1. The van der Waals surface area contributed by atoms with Gasteiger partial charge in [0, 0.05) is 7.05 Å². The second kappa shape index (κ2) is 6.09. The lowest BCUT2D eigenvalue weighted by molar-refractivity contribution is 0.302. The van der Waals surface area contributed by atoms with Crippen molar-refractivity contribution in [1.82, 2.24) is 9.13 Å². The summed E-state index contributed by atoms with van der Waals surface area (Å²) < 4.78 is 7.73. The number of hydrogen-bond acceptors (Lipinski definition) is 4. The van der Waals surface area contributed by atoms with Crippen LogP contribution >= 0.6 is 0 Å². The Labute approximate surface area is 121 Å². The van der Waals surface area contributed by atoms with Gasteiger partial charge in [-0.2, -0.15) is 5.26 Å². The highest BCUT2D eigenvalue weighted by molar-refractivity contribution is 5.37. The van der Waals surface area contributed by atoms with E-state index in [4.69, 9.17) is 10.00 Å². The molecular weight excluding hydrogens is 270 g/mol. The molecule has 2 rings (SSSR count). The van der Waals surface area contributed by atoms with Gasteiger partial charge in [-0.25, -0.2) is 4.79 Å². The molecule has 0 bridgehead atoms. The third-order valence-electron chi connectivity index (χ3n) is 3.12. The van der Waals surface area contributed by atoms with E-state index in [2.05, 4.69) is 6.07 Å². The molecule has 0 N–H and O–H groups in total. The van der Waals surface area contributed by atoms with Gasteiger partial charge in [0.25, 0.3) is 5.56 Å². The molecule has 0 aliphatic heterocycles. The number of hydrogen-bond donors (Lipinski definition) is 0. The summed E-state index contributed by atoms with van der Waals surface area (Å²) in [6, 6.07) is 10.4. The lowest BCUT2D eigenvalue weighted by Gasteiger charge is -2.14. The molecule has 0 atom stereocenters. The third kappa shape index (κ3) is 2.87. The highest BCUT2D eigenvalue weighted by Gasteiger charge is 2.12. The summed E-state index contributed by atoms with van der Waals surface area (Å²) in [5.41, 5.74) is 0.286. The van der Waals surface area contributed by atoms with E-state index in [1.54, 1.807) is 31.2 Å². The molecule has 0 fully saturated rings. The average Bonchev–Trinajstić information content (AvgIpc) is 2.49. The Morgan fingerprint density at radius 1 is 1.29 bits per heavy atom. The first-order valence-corrected chi connectivity index (χ1v) is 6.50. The molecule has 0 unspecified atom stereocenters. The Morgan fingerprint density at radius 2 is 2.00 bits per heavy atom. The molecule has 2 aromatic rings. The van der Waals surface area contributed by atoms with E-state index < -0.39 is 11.2 Å². The summed E-state index contributed by atoms with van der Waals surface area (Å²) in [7, 11) is 1.41. The Hall–Kier alpha value is -2.81. The van der Waals surface area contributed by atoms with E-state index in [-0.39, 0.29) is 12.4 Å². The van der Waals surface area contributed by atoms with Crippen LogP contribution in [0.15, 0.2) is 39.9 Å². The summed E-state index contributed by atoms with van der Waals surface area (Å²) >= 11 is 0. The van der Waals surface area contributed by atoms with Crippen molar-refractivity contribution in [2.45, 2.75) is 13.5 Å². The lowest BCUT2D eigenvalue weighted by Crippen LogP contribution is -2.38. The Bertz CT molecular complexity index is 812. The number of nitriles is 1. The van der Waals surface area contributed by atoms with Crippen molar-refractivity contribution in [3.63, 3.8) is 0 Å². The van der Waals surface area contributed by atoms with Crippen LogP contribution in [0.5, 0.6) is 5.88 Å². The number of benzene rings is 1. The smallest absolute Gasteiger partial charge is 0.333 e. The fourth-order valence-corrected chi connectivity index (χ4v) is 2.00. The Morgan fingerprint density at radius 3 is 2.67 bits per heavy atom. The van der Waals surface area contributed by atoms with Gasteiger partial charge in [0.05, 0.1) is 30.9 Å². The molecule has 0 radical (unpaired) electrons. The molecule has 1 heterocycles. The average molecular weight is 285 g/mol. The fraction of sp³-hybridized carbons (Fsp3) is 0.267. The van der Waals surface area contributed by atoms with E-state index in [0.717, 1.165) is 4.57 Å². The minimum Gasteiger partial charge on any atom is -0.479 e. The van der Waals surface area contributed by atoms with Gasteiger partial charge in [-0.15, -0.1) is 0 Å². The molecule has 0 saturated heterocycles. The maximum atomic E-state index is 12.3. The van der Waals surface area contributed by atoms with Gasteiger partial charge in [-0.1, -0.05) is 18.2 Å². The van der Waals surface area contributed by atoms with Gasteiger partial charge in [-0.05, 0) is 18.6 Å². The largest absolute Gasteiger partial charge is 0.479 e. The van der Waals surface area contributed by atoms with Crippen molar-refractivity contribution in [1.29, 1.82) is 5.26 Å². The zero-order valence-corrected chi connectivity index (χ0v) is 11.9. The van der Waals surface area contributed by atoms with E-state index in [0.29, 0.717) is 17.7 Å². The first-order valence-electron chi connectivity index (χ1n) is 6.50. The molecule has 0 aliphatic rings. The SMILES string of the molecule is CCOc1cc(=O)n(C)c(=O)n1Cc1ccccc1C#N. The van der Waals surface area contributed by atoms with Gasteiger partial charge >= 0.3 is 5.69 Å². The lowest BCUT2D eigenvalue weighted by atomic mass is 10.1. The summed E-state index contributed by atoms with van der Waals surface area (Å²) in [4.78, 5) is 23.9. The predicted molar refractivity (Wildman–Crippen MR) is 77.4 cm³/mol. The monoisotopic (exact) mass is 285 g/mol. The molecule has 6 nitrogen and oxygen atoms in total. The molecule has 108 valence electrons. The highest BCUT2D eigenvalue weighted by Crippen LogP contribution is 2.12. The maximum absolute atomic E-state index is 12.3. The van der Waals surface area contributed by atoms with E-state index in [1.165, 1.54) is 17.7 Å². The minimum atomic E-state index is -0.473. The molecule has 0 saturated carbocycles. The van der Waals surface area contributed by atoms with Crippen LogP contribution in [0.2, 0.25) is 0 Å². The van der Waals surface area contributed by atoms with Crippen LogP contribution in [-0.2, 0) is 13.6 Å². The van der Waals surface area contributed by atoms with Crippen molar-refractivity contribution in [2.24, 2.45) is 7.05 Å². The van der Waals surface area contributed by atoms with Crippen molar-refractivity contribution in [3.05, 3.63) is 62.3 Å². The molecule has 21 heavy (non-hydrogen) atoms. The van der Waals surface area contributed by atoms with E-state index >= 15 is 0 Å². The zero-order chi connectivity index (χ0) is 15.4. The van der Waals surface area contributed by atoms with Gasteiger partial charge in [-0.3, -0.25) is 13.9 Å². The Kier molecular flexibility index (Phi) is 4.24. The standard InChI is InChI=1S/C15H15N3O3/c1-3-21-14-8-13(19)17(2)15(20)18(14)10-12-7-5-4-6-11(12)9-16/h4-8H,3,10H2,1-2H3. The van der Waals surface area contributed by atoms with Gasteiger partial charge in [0.1, 0.15) is 0 Å². The van der Waals surface area contributed by atoms with Crippen LogP contribution in [0, 0.1) is 11.3 Å². The van der Waals surface area contributed by atoms with E-state index in [9.17, 15) is 9.59 Å². The summed E-state index contributed by atoms with van der Waals surface area (Å²) in [6.07, 6.45) is 0. The number of ether oxygens (including phenoxy) is 1. The quantitative estimate of drug-likeness (QED) is 0.835. The van der Waals surface area contributed by atoms with Crippen molar-refractivity contribution >= 4 is 0 Å². The molecule has 0 amide bonds. The van der Waals surface area contributed by atoms with Crippen LogP contribution in [-0.4, -0.2) is 15.7 Å². The fourth-order valence-electron chi connectivity index (χ4n) is 2.00. The van der Waals surface area contributed by atoms with Crippen molar-refractivity contribution in [2.75, 3.05) is 6.61 Å².